The first kappa shape index (κ1) is 16.4. The molecule has 0 fully saturated rings. The molecule has 0 amide bonds. The second-order valence-corrected chi connectivity index (χ2v) is 5.64. The maximum atomic E-state index is 13.5. The molecule has 2 rings (SSSR count). The van der Waals surface area contributed by atoms with Crippen LogP contribution in [0.15, 0.2) is 34.9 Å². The smallest absolute Gasteiger partial charge is 0.338 e. The highest BCUT2D eigenvalue weighted by molar-refractivity contribution is 9.10. The molecule has 0 aliphatic heterocycles. The first-order valence-corrected chi connectivity index (χ1v) is 7.38. The summed E-state index contributed by atoms with van der Waals surface area (Å²) >= 11 is 3.33. The molecule has 0 aliphatic rings. The van der Waals surface area contributed by atoms with Crippen molar-refractivity contribution in [3.63, 3.8) is 0 Å². The molecule has 1 aromatic heterocycles. The van der Waals surface area contributed by atoms with E-state index in [4.69, 9.17) is 9.47 Å². The van der Waals surface area contributed by atoms with Gasteiger partial charge in [0, 0.05) is 16.2 Å². The Balaban J connectivity index is 2.36. The fourth-order valence-corrected chi connectivity index (χ4v) is 2.34. The third kappa shape index (κ3) is 3.62. The third-order valence-corrected chi connectivity index (χ3v) is 3.60. The molecule has 2 aromatic rings. The SMILES string of the molecule is COC(=O)c1ccc(F)cc1C(C)Oc1cc(Br)cnc1C. The fraction of sp³-hybridized carbons (Fsp3) is 0.250. The number of carbonyl (C=O) groups excluding carboxylic acids is 1. The van der Waals surface area contributed by atoms with Crippen LogP contribution < -0.4 is 4.74 Å². The molecule has 1 unspecified atom stereocenters. The van der Waals surface area contributed by atoms with Crippen LogP contribution in [0.3, 0.4) is 0 Å². The van der Waals surface area contributed by atoms with Crippen LogP contribution in [-0.2, 0) is 4.74 Å². The molecule has 0 N–H and O–H groups in total. The van der Waals surface area contributed by atoms with E-state index in [2.05, 4.69) is 20.9 Å². The number of aryl methyl sites for hydroxylation is 1. The average Bonchev–Trinajstić information content (AvgIpc) is 2.50. The quantitative estimate of drug-likeness (QED) is 0.759. The molecule has 0 radical (unpaired) electrons. The molecule has 1 heterocycles. The van der Waals surface area contributed by atoms with Gasteiger partial charge in [-0.3, -0.25) is 4.98 Å². The summed E-state index contributed by atoms with van der Waals surface area (Å²) in [7, 11) is 1.28. The molecule has 0 spiro atoms. The van der Waals surface area contributed by atoms with Gasteiger partial charge in [0.2, 0.25) is 0 Å². The van der Waals surface area contributed by atoms with Crippen LogP contribution in [0.1, 0.15) is 34.6 Å². The lowest BCUT2D eigenvalue weighted by Gasteiger charge is -2.18. The topological polar surface area (TPSA) is 48.4 Å². The van der Waals surface area contributed by atoms with Crippen LogP contribution in [0.2, 0.25) is 0 Å². The summed E-state index contributed by atoms with van der Waals surface area (Å²) in [6, 6.07) is 5.66. The van der Waals surface area contributed by atoms with Gasteiger partial charge in [-0.2, -0.15) is 0 Å². The summed E-state index contributed by atoms with van der Waals surface area (Å²) in [5.74, 6) is -0.418. The Morgan fingerprint density at radius 1 is 1.36 bits per heavy atom. The van der Waals surface area contributed by atoms with Gasteiger partial charge in [-0.25, -0.2) is 9.18 Å². The summed E-state index contributed by atoms with van der Waals surface area (Å²) in [4.78, 5) is 16.0. The number of aromatic nitrogens is 1. The number of esters is 1. The van der Waals surface area contributed by atoms with Crippen molar-refractivity contribution in [3.8, 4) is 5.75 Å². The molecular formula is C16H15BrFNO3. The second-order valence-electron chi connectivity index (χ2n) is 4.72. The van der Waals surface area contributed by atoms with E-state index in [1.54, 1.807) is 26.1 Å². The third-order valence-electron chi connectivity index (χ3n) is 3.17. The predicted molar refractivity (Wildman–Crippen MR) is 83.5 cm³/mol. The number of halogens is 2. The van der Waals surface area contributed by atoms with Crippen LogP contribution in [0.4, 0.5) is 4.39 Å². The van der Waals surface area contributed by atoms with Gasteiger partial charge in [0.1, 0.15) is 17.7 Å². The molecule has 22 heavy (non-hydrogen) atoms. The molecule has 1 atom stereocenters. The number of nitrogens with zero attached hydrogens (tertiary/aromatic N) is 1. The van der Waals surface area contributed by atoms with Crippen molar-refractivity contribution in [1.82, 2.24) is 4.98 Å². The Morgan fingerprint density at radius 3 is 2.77 bits per heavy atom. The Morgan fingerprint density at radius 2 is 2.09 bits per heavy atom. The van der Waals surface area contributed by atoms with E-state index in [0.29, 0.717) is 17.0 Å². The van der Waals surface area contributed by atoms with Crippen LogP contribution >= 0.6 is 15.9 Å². The zero-order valence-electron chi connectivity index (χ0n) is 12.4. The van der Waals surface area contributed by atoms with Crippen molar-refractivity contribution < 1.29 is 18.7 Å². The van der Waals surface area contributed by atoms with Gasteiger partial charge in [0.05, 0.1) is 18.4 Å². The molecular weight excluding hydrogens is 353 g/mol. The summed E-state index contributed by atoms with van der Waals surface area (Å²) in [6.07, 6.45) is 1.12. The Bertz CT molecular complexity index is 706. The highest BCUT2D eigenvalue weighted by Crippen LogP contribution is 2.28. The van der Waals surface area contributed by atoms with Gasteiger partial charge in [-0.05, 0) is 54.0 Å². The van der Waals surface area contributed by atoms with Crippen molar-refractivity contribution in [2.24, 2.45) is 0 Å². The van der Waals surface area contributed by atoms with E-state index < -0.39 is 17.9 Å². The van der Waals surface area contributed by atoms with Gasteiger partial charge in [-0.1, -0.05) is 0 Å². The summed E-state index contributed by atoms with van der Waals surface area (Å²) in [6.45, 7) is 3.54. The minimum absolute atomic E-state index is 0.275. The van der Waals surface area contributed by atoms with Crippen molar-refractivity contribution in [2.75, 3.05) is 7.11 Å². The molecule has 0 bridgehead atoms. The van der Waals surface area contributed by atoms with E-state index >= 15 is 0 Å². The Kier molecular flexibility index (Phi) is 5.13. The van der Waals surface area contributed by atoms with Crippen molar-refractivity contribution in [2.45, 2.75) is 20.0 Å². The van der Waals surface area contributed by atoms with E-state index in [-0.39, 0.29) is 5.56 Å². The number of ether oxygens (including phenoxy) is 2. The number of benzene rings is 1. The van der Waals surface area contributed by atoms with E-state index in [1.165, 1.54) is 25.3 Å². The van der Waals surface area contributed by atoms with Gasteiger partial charge in [-0.15, -0.1) is 0 Å². The Hall–Kier alpha value is -1.95. The fourth-order valence-electron chi connectivity index (χ4n) is 2.03. The molecule has 6 heteroatoms. The number of pyridine rings is 1. The number of carbonyl (C=O) groups is 1. The number of hydrogen-bond donors (Lipinski definition) is 0. The standard InChI is InChI=1S/C16H15BrFNO3/c1-9-15(6-11(17)8-19-9)22-10(2)14-7-12(18)4-5-13(14)16(20)21-3/h4-8,10H,1-3H3. The van der Waals surface area contributed by atoms with Crippen molar-refractivity contribution in [1.29, 1.82) is 0 Å². The second kappa shape index (κ2) is 6.87. The van der Waals surface area contributed by atoms with Crippen LogP contribution in [0, 0.1) is 12.7 Å². The first-order valence-electron chi connectivity index (χ1n) is 6.59. The number of hydrogen-bond acceptors (Lipinski definition) is 4. The van der Waals surface area contributed by atoms with Crippen LogP contribution in [0.5, 0.6) is 5.75 Å². The van der Waals surface area contributed by atoms with Gasteiger partial charge >= 0.3 is 5.97 Å². The maximum absolute atomic E-state index is 13.5. The molecule has 4 nitrogen and oxygen atoms in total. The highest BCUT2D eigenvalue weighted by atomic mass is 79.9. The van der Waals surface area contributed by atoms with Crippen molar-refractivity contribution >= 4 is 21.9 Å². The first-order chi connectivity index (χ1) is 10.4. The van der Waals surface area contributed by atoms with Crippen LogP contribution in [-0.4, -0.2) is 18.1 Å². The molecule has 0 aliphatic carbocycles. The summed E-state index contributed by atoms with van der Waals surface area (Å²) < 4.78 is 24.9. The summed E-state index contributed by atoms with van der Waals surface area (Å²) in [5.41, 5.74) is 1.40. The maximum Gasteiger partial charge on any atom is 0.338 e. The summed E-state index contributed by atoms with van der Waals surface area (Å²) in [5, 5.41) is 0. The van der Waals surface area contributed by atoms with E-state index in [0.717, 1.165) is 4.47 Å². The molecule has 0 saturated heterocycles. The lowest BCUT2D eigenvalue weighted by molar-refractivity contribution is 0.0595. The molecule has 116 valence electrons. The monoisotopic (exact) mass is 367 g/mol. The number of methoxy groups -OCH3 is 1. The van der Waals surface area contributed by atoms with Crippen LogP contribution in [0.25, 0.3) is 0 Å². The van der Waals surface area contributed by atoms with Gasteiger partial charge in [0.25, 0.3) is 0 Å². The lowest BCUT2D eigenvalue weighted by atomic mass is 10.0. The number of rotatable bonds is 4. The molecule has 1 aromatic carbocycles. The zero-order chi connectivity index (χ0) is 16.3. The van der Waals surface area contributed by atoms with E-state index in [9.17, 15) is 9.18 Å². The minimum atomic E-state index is -0.542. The largest absolute Gasteiger partial charge is 0.484 e. The van der Waals surface area contributed by atoms with E-state index in [1.807, 2.05) is 0 Å². The Labute approximate surface area is 136 Å². The lowest BCUT2D eigenvalue weighted by Crippen LogP contribution is -2.12. The minimum Gasteiger partial charge on any atom is -0.484 e. The normalized spacial score (nSPS) is 11.9. The van der Waals surface area contributed by atoms with Crippen molar-refractivity contribution in [3.05, 3.63) is 57.6 Å². The molecule has 0 saturated carbocycles. The highest BCUT2D eigenvalue weighted by Gasteiger charge is 2.19. The zero-order valence-corrected chi connectivity index (χ0v) is 14.0. The van der Waals surface area contributed by atoms with Gasteiger partial charge < -0.3 is 9.47 Å². The van der Waals surface area contributed by atoms with Gasteiger partial charge in [0.15, 0.2) is 0 Å². The average molecular weight is 368 g/mol. The predicted octanol–water partition coefficient (Wildman–Crippen LogP) is 4.22.